The first-order valence-electron chi connectivity index (χ1n) is 3.84. The number of benzene rings is 1. The first kappa shape index (κ1) is 8.80. The Morgan fingerprint density at radius 3 is 2.50 bits per heavy atom. The van der Waals surface area contributed by atoms with Crippen molar-refractivity contribution in [3.05, 3.63) is 29.3 Å². The van der Waals surface area contributed by atoms with Crippen molar-refractivity contribution in [1.82, 2.24) is 0 Å². The Kier molecular flexibility index (Phi) is 1.64. The molecule has 0 radical (unpaired) electrons. The monoisotopic (exact) mass is 197 g/mol. The lowest BCUT2D eigenvalue weighted by molar-refractivity contribution is -0.114. The molecule has 0 fully saturated rings. The number of fused-ring (bicyclic) bond motifs is 1. The number of ketones is 1. The molecule has 5 heteroatoms. The molecule has 1 amide bonds. The van der Waals surface area contributed by atoms with Gasteiger partial charge in [0.1, 0.15) is 11.6 Å². The molecule has 1 aliphatic rings. The van der Waals surface area contributed by atoms with E-state index in [9.17, 15) is 18.4 Å². The minimum Gasteiger partial charge on any atom is -0.308 e. The third kappa shape index (κ3) is 0.951. The fraction of sp³-hybridized carbons (Fsp3) is 0.111. The molecule has 0 unspecified atom stereocenters. The van der Waals surface area contributed by atoms with Crippen LogP contribution in [0.4, 0.5) is 14.5 Å². The number of rotatable bonds is 0. The minimum absolute atomic E-state index is 0.0162. The van der Waals surface area contributed by atoms with Crippen LogP contribution < -0.4 is 4.90 Å². The first-order valence-corrected chi connectivity index (χ1v) is 3.84. The molecule has 0 saturated heterocycles. The Morgan fingerprint density at radius 1 is 1.21 bits per heavy atom. The molecule has 3 nitrogen and oxygen atoms in total. The van der Waals surface area contributed by atoms with E-state index in [0.29, 0.717) is 6.07 Å². The van der Waals surface area contributed by atoms with Gasteiger partial charge in [-0.1, -0.05) is 0 Å². The summed E-state index contributed by atoms with van der Waals surface area (Å²) in [6.07, 6.45) is 0. The predicted molar refractivity (Wildman–Crippen MR) is 44.1 cm³/mol. The van der Waals surface area contributed by atoms with Crippen LogP contribution in [0.15, 0.2) is 12.1 Å². The van der Waals surface area contributed by atoms with Gasteiger partial charge in [-0.05, 0) is 6.07 Å². The number of hydrogen-bond donors (Lipinski definition) is 0. The van der Waals surface area contributed by atoms with Crippen molar-refractivity contribution < 1.29 is 18.4 Å². The molecule has 0 bridgehead atoms. The van der Waals surface area contributed by atoms with E-state index in [4.69, 9.17) is 0 Å². The van der Waals surface area contributed by atoms with Crippen molar-refractivity contribution in [2.24, 2.45) is 0 Å². The zero-order valence-corrected chi connectivity index (χ0v) is 7.17. The van der Waals surface area contributed by atoms with Crippen LogP contribution in [0, 0.1) is 11.6 Å². The lowest BCUT2D eigenvalue weighted by Crippen LogP contribution is -2.24. The average molecular weight is 197 g/mol. The van der Waals surface area contributed by atoms with E-state index in [2.05, 4.69) is 0 Å². The Bertz CT molecular complexity index is 456. The van der Waals surface area contributed by atoms with E-state index in [1.165, 1.54) is 7.05 Å². The Balaban J connectivity index is 2.75. The molecule has 1 aliphatic heterocycles. The van der Waals surface area contributed by atoms with Gasteiger partial charge in [-0.15, -0.1) is 0 Å². The smallest absolute Gasteiger partial charge is 0.299 e. The fourth-order valence-corrected chi connectivity index (χ4v) is 1.42. The lowest BCUT2D eigenvalue weighted by Gasteiger charge is -2.07. The van der Waals surface area contributed by atoms with Crippen LogP contribution in [0.1, 0.15) is 10.4 Å². The molecular formula is C9H5F2NO2. The number of amides is 1. The van der Waals surface area contributed by atoms with E-state index in [1.807, 2.05) is 0 Å². The highest BCUT2D eigenvalue weighted by atomic mass is 19.1. The van der Waals surface area contributed by atoms with Gasteiger partial charge in [0.2, 0.25) is 0 Å². The topological polar surface area (TPSA) is 37.4 Å². The zero-order chi connectivity index (χ0) is 10.5. The van der Waals surface area contributed by atoms with Gasteiger partial charge in [-0.3, -0.25) is 9.59 Å². The largest absolute Gasteiger partial charge is 0.308 e. The van der Waals surface area contributed by atoms with Crippen molar-refractivity contribution in [3.63, 3.8) is 0 Å². The Hall–Kier alpha value is -1.78. The second-order valence-electron chi connectivity index (χ2n) is 2.98. The predicted octanol–water partition coefficient (Wildman–Crippen LogP) is 1.12. The fourth-order valence-electron chi connectivity index (χ4n) is 1.42. The molecule has 0 atom stereocenters. The van der Waals surface area contributed by atoms with E-state index in [0.717, 1.165) is 11.0 Å². The van der Waals surface area contributed by atoms with Gasteiger partial charge in [0.25, 0.3) is 11.7 Å². The maximum atomic E-state index is 13.1. The summed E-state index contributed by atoms with van der Waals surface area (Å²) in [5.74, 6) is -3.58. The molecule has 1 aromatic rings. The Morgan fingerprint density at radius 2 is 1.86 bits per heavy atom. The Labute approximate surface area is 77.9 Å². The number of halogens is 2. The molecule has 72 valence electrons. The van der Waals surface area contributed by atoms with Crippen molar-refractivity contribution in [2.75, 3.05) is 11.9 Å². The molecule has 0 aliphatic carbocycles. The van der Waals surface area contributed by atoms with E-state index in [1.54, 1.807) is 0 Å². The van der Waals surface area contributed by atoms with Crippen LogP contribution in [-0.2, 0) is 4.79 Å². The van der Waals surface area contributed by atoms with Crippen LogP contribution in [0.3, 0.4) is 0 Å². The van der Waals surface area contributed by atoms with Crippen LogP contribution in [0.25, 0.3) is 0 Å². The van der Waals surface area contributed by atoms with Gasteiger partial charge in [0, 0.05) is 13.1 Å². The maximum absolute atomic E-state index is 13.1. The molecule has 14 heavy (non-hydrogen) atoms. The van der Waals surface area contributed by atoms with E-state index in [-0.39, 0.29) is 11.3 Å². The summed E-state index contributed by atoms with van der Waals surface area (Å²) in [6, 6.07) is 1.55. The number of carbonyl (C=O) groups is 2. The van der Waals surface area contributed by atoms with Crippen LogP contribution in [-0.4, -0.2) is 18.7 Å². The van der Waals surface area contributed by atoms with Gasteiger partial charge >= 0.3 is 0 Å². The number of likely N-dealkylation sites (N-methyl/N-ethyl adjacent to an activating group) is 1. The maximum Gasteiger partial charge on any atom is 0.299 e. The third-order valence-corrected chi connectivity index (χ3v) is 2.12. The lowest BCUT2D eigenvalue weighted by atomic mass is 10.1. The van der Waals surface area contributed by atoms with Crippen LogP contribution in [0.2, 0.25) is 0 Å². The molecule has 2 rings (SSSR count). The van der Waals surface area contributed by atoms with Crippen molar-refractivity contribution in [2.45, 2.75) is 0 Å². The quantitative estimate of drug-likeness (QED) is 0.584. The number of hydrogen-bond acceptors (Lipinski definition) is 2. The summed E-state index contributed by atoms with van der Waals surface area (Å²) in [4.78, 5) is 23.2. The van der Waals surface area contributed by atoms with E-state index < -0.39 is 23.3 Å². The number of nitrogens with zero attached hydrogens (tertiary/aromatic N) is 1. The van der Waals surface area contributed by atoms with Gasteiger partial charge in [-0.25, -0.2) is 8.78 Å². The summed E-state index contributed by atoms with van der Waals surface area (Å²) in [5.41, 5.74) is -0.364. The highest BCUT2D eigenvalue weighted by Gasteiger charge is 2.36. The molecule has 0 spiro atoms. The molecule has 1 heterocycles. The standard InChI is InChI=1S/C9H5F2NO2/c1-12-6-3-4(10)2-5(11)7(6)8(13)9(12)14/h2-3H,1H3. The normalized spacial score (nSPS) is 14.9. The second kappa shape index (κ2) is 2.60. The molecule has 0 saturated carbocycles. The highest BCUT2D eigenvalue weighted by Crippen LogP contribution is 2.30. The summed E-state index contributed by atoms with van der Waals surface area (Å²) in [6.45, 7) is 0. The number of anilines is 1. The van der Waals surface area contributed by atoms with Crippen LogP contribution in [0.5, 0.6) is 0 Å². The minimum atomic E-state index is -0.998. The van der Waals surface area contributed by atoms with Crippen LogP contribution >= 0.6 is 0 Å². The number of Topliss-reactive ketones (excluding diaryl/α,β-unsaturated/α-hetero) is 1. The number of carbonyl (C=O) groups excluding carboxylic acids is 2. The summed E-state index contributed by atoms with van der Waals surface area (Å²) in [7, 11) is 1.30. The summed E-state index contributed by atoms with van der Waals surface area (Å²) in [5, 5.41) is 0. The SMILES string of the molecule is CN1C(=O)C(=O)c2c(F)cc(F)cc21. The van der Waals surface area contributed by atoms with Crippen molar-refractivity contribution in [1.29, 1.82) is 0 Å². The second-order valence-corrected chi connectivity index (χ2v) is 2.98. The highest BCUT2D eigenvalue weighted by molar-refractivity contribution is 6.52. The molecule has 0 N–H and O–H groups in total. The molecule has 1 aromatic carbocycles. The van der Waals surface area contributed by atoms with Gasteiger partial charge in [-0.2, -0.15) is 0 Å². The zero-order valence-electron chi connectivity index (χ0n) is 7.17. The van der Waals surface area contributed by atoms with Gasteiger partial charge < -0.3 is 4.90 Å². The van der Waals surface area contributed by atoms with Gasteiger partial charge in [0.05, 0.1) is 11.3 Å². The van der Waals surface area contributed by atoms with E-state index >= 15 is 0 Å². The molecule has 0 aromatic heterocycles. The van der Waals surface area contributed by atoms with Gasteiger partial charge in [0.15, 0.2) is 0 Å². The summed E-state index contributed by atoms with van der Waals surface area (Å²) < 4.78 is 25.9. The average Bonchev–Trinajstić information content (AvgIpc) is 2.31. The molecular weight excluding hydrogens is 192 g/mol. The third-order valence-electron chi connectivity index (χ3n) is 2.12. The van der Waals surface area contributed by atoms with Crippen molar-refractivity contribution in [3.8, 4) is 0 Å². The first-order chi connectivity index (χ1) is 6.52. The van der Waals surface area contributed by atoms with Crippen molar-refractivity contribution >= 4 is 17.4 Å². The summed E-state index contributed by atoms with van der Waals surface area (Å²) >= 11 is 0.